The van der Waals surface area contributed by atoms with Crippen LogP contribution in [0.25, 0.3) is 0 Å². The molecule has 0 atom stereocenters. The molecule has 1 aliphatic carbocycles. The van der Waals surface area contributed by atoms with Crippen molar-refractivity contribution in [3.05, 3.63) is 5.82 Å². The van der Waals surface area contributed by atoms with Crippen molar-refractivity contribution in [2.45, 2.75) is 36.9 Å². The van der Waals surface area contributed by atoms with Crippen LogP contribution >= 0.6 is 0 Å². The molecule has 1 aliphatic rings. The van der Waals surface area contributed by atoms with Gasteiger partial charge in [0.2, 0.25) is 5.82 Å². The number of hydrogen-bond donors (Lipinski definition) is 1. The Morgan fingerprint density at radius 2 is 1.84 bits per heavy atom. The van der Waals surface area contributed by atoms with Gasteiger partial charge in [-0.15, -0.1) is 5.10 Å². The molecule has 1 N–H and O–H groups in total. The Hall–Kier alpha value is -1.81. The predicted molar refractivity (Wildman–Crippen MR) is 47.2 cm³/mol. The number of carbonyl (C=O) groups is 1. The molecule has 1 saturated carbocycles. The summed E-state index contributed by atoms with van der Waals surface area (Å²) in [6.45, 7) is 0. The minimum Gasteiger partial charge on any atom is -0.479 e. The van der Waals surface area contributed by atoms with E-state index >= 15 is 0 Å². The summed E-state index contributed by atoms with van der Waals surface area (Å²) in [6, 6.07) is 0. The van der Waals surface area contributed by atoms with Gasteiger partial charge in [-0.25, -0.2) is 9.48 Å². The van der Waals surface area contributed by atoms with Crippen molar-refractivity contribution in [1.82, 2.24) is 20.2 Å². The Bertz CT molecular complexity index is 507. The molecule has 19 heavy (non-hydrogen) atoms. The Kier molecular flexibility index (Phi) is 2.75. The number of halogens is 5. The molecule has 0 saturated heterocycles. The lowest BCUT2D eigenvalue weighted by Crippen LogP contribution is -2.51. The number of alkyl halides is 5. The lowest BCUT2D eigenvalue weighted by atomic mass is 9.76. The number of carboxylic acid groups (broad SMARTS) is 1. The molecule has 0 radical (unpaired) electrons. The number of nitrogens with zero attached hydrogens (tertiary/aromatic N) is 4. The molecule has 106 valence electrons. The van der Waals surface area contributed by atoms with Crippen LogP contribution in [0.3, 0.4) is 0 Å². The largest absolute Gasteiger partial charge is 0.479 e. The van der Waals surface area contributed by atoms with Gasteiger partial charge in [0.1, 0.15) is 0 Å². The van der Waals surface area contributed by atoms with Gasteiger partial charge in [-0.1, -0.05) is 0 Å². The Morgan fingerprint density at radius 1 is 1.26 bits per heavy atom. The van der Waals surface area contributed by atoms with E-state index in [-0.39, 0.29) is 17.5 Å². The second-order valence-electron chi connectivity index (χ2n) is 4.18. The fourth-order valence-corrected chi connectivity index (χ4v) is 1.83. The summed E-state index contributed by atoms with van der Waals surface area (Å²) in [5, 5.41) is 17.4. The van der Waals surface area contributed by atoms with Crippen molar-refractivity contribution in [2.24, 2.45) is 0 Å². The predicted octanol–water partition coefficient (Wildman–Crippen LogP) is 1.29. The second-order valence-corrected chi connectivity index (χ2v) is 4.18. The molecular formula is C8H7F5N4O2. The summed E-state index contributed by atoms with van der Waals surface area (Å²) in [4.78, 5) is 11.1. The number of aliphatic carboxylic acids is 1. The Labute approximate surface area is 102 Å². The van der Waals surface area contributed by atoms with E-state index in [0.717, 1.165) is 0 Å². The molecule has 11 heteroatoms. The number of aromatic nitrogens is 4. The summed E-state index contributed by atoms with van der Waals surface area (Å²) >= 11 is 0. The van der Waals surface area contributed by atoms with Gasteiger partial charge in [0, 0.05) is 0 Å². The highest BCUT2D eigenvalue weighted by atomic mass is 19.4. The molecule has 2 rings (SSSR count). The Balaban J connectivity index is 2.52. The van der Waals surface area contributed by atoms with Crippen LogP contribution in [0.5, 0.6) is 0 Å². The minimum atomic E-state index is -5.90. The summed E-state index contributed by atoms with van der Waals surface area (Å²) in [7, 11) is 0. The van der Waals surface area contributed by atoms with Gasteiger partial charge in [-0.2, -0.15) is 22.0 Å². The molecular weight excluding hydrogens is 279 g/mol. The van der Waals surface area contributed by atoms with E-state index in [2.05, 4.69) is 15.5 Å². The van der Waals surface area contributed by atoms with Gasteiger partial charge in [-0.3, -0.25) is 0 Å². The van der Waals surface area contributed by atoms with Crippen LogP contribution in [-0.4, -0.2) is 37.5 Å². The van der Waals surface area contributed by atoms with Crippen LogP contribution in [0, 0.1) is 0 Å². The van der Waals surface area contributed by atoms with E-state index in [1.807, 2.05) is 0 Å². The zero-order valence-electron chi connectivity index (χ0n) is 9.16. The van der Waals surface area contributed by atoms with Gasteiger partial charge < -0.3 is 5.11 Å². The monoisotopic (exact) mass is 286 g/mol. The van der Waals surface area contributed by atoms with Crippen LogP contribution in [0.15, 0.2) is 0 Å². The van der Waals surface area contributed by atoms with Gasteiger partial charge >= 0.3 is 18.1 Å². The van der Waals surface area contributed by atoms with E-state index in [9.17, 15) is 26.7 Å². The number of carboxylic acids is 1. The first-order valence-electron chi connectivity index (χ1n) is 5.10. The van der Waals surface area contributed by atoms with Crippen molar-refractivity contribution >= 4 is 5.97 Å². The molecule has 1 aromatic heterocycles. The van der Waals surface area contributed by atoms with Crippen LogP contribution in [0.2, 0.25) is 0 Å². The second kappa shape index (κ2) is 3.84. The summed E-state index contributed by atoms with van der Waals surface area (Å²) in [5.41, 5.74) is -1.92. The highest BCUT2D eigenvalue weighted by molar-refractivity contribution is 5.77. The van der Waals surface area contributed by atoms with Crippen molar-refractivity contribution in [3.8, 4) is 0 Å². The fourth-order valence-electron chi connectivity index (χ4n) is 1.83. The summed E-state index contributed by atoms with van der Waals surface area (Å²) in [6.07, 6.45) is -5.73. The lowest BCUT2D eigenvalue weighted by molar-refractivity contribution is -0.294. The van der Waals surface area contributed by atoms with Gasteiger partial charge in [0.15, 0.2) is 5.54 Å². The first kappa shape index (κ1) is 13.6. The summed E-state index contributed by atoms with van der Waals surface area (Å²) < 4.78 is 63.4. The lowest BCUT2D eigenvalue weighted by Gasteiger charge is -2.38. The molecule has 1 aromatic rings. The molecule has 0 bridgehead atoms. The average molecular weight is 286 g/mol. The molecule has 0 amide bonds. The normalized spacial score (nSPS) is 19.0. The average Bonchev–Trinajstić information content (AvgIpc) is 2.62. The van der Waals surface area contributed by atoms with Gasteiger partial charge in [-0.05, 0) is 29.7 Å². The van der Waals surface area contributed by atoms with Crippen LogP contribution < -0.4 is 0 Å². The van der Waals surface area contributed by atoms with Crippen LogP contribution in [-0.2, 0) is 16.3 Å². The van der Waals surface area contributed by atoms with Crippen molar-refractivity contribution in [1.29, 1.82) is 0 Å². The van der Waals surface area contributed by atoms with Gasteiger partial charge in [0.25, 0.3) is 0 Å². The van der Waals surface area contributed by atoms with Crippen molar-refractivity contribution < 1.29 is 31.9 Å². The first-order chi connectivity index (χ1) is 8.63. The standard InChI is InChI=1S/C8H7F5N4O2/c9-7(10,8(11,12)13)4-14-15-16-17(4)6(5(18)19)2-1-3-6/h1-3H2,(H,18,19). The maximum absolute atomic E-state index is 13.2. The molecule has 0 aromatic carbocycles. The highest BCUT2D eigenvalue weighted by Crippen LogP contribution is 2.46. The van der Waals surface area contributed by atoms with Crippen LogP contribution in [0.1, 0.15) is 25.1 Å². The maximum Gasteiger partial charge on any atom is 0.461 e. The van der Waals surface area contributed by atoms with E-state index in [1.54, 1.807) is 0 Å². The minimum absolute atomic E-state index is 0.0757. The molecule has 1 fully saturated rings. The zero-order valence-corrected chi connectivity index (χ0v) is 9.16. The third-order valence-electron chi connectivity index (χ3n) is 3.09. The maximum atomic E-state index is 13.2. The number of hydrogen-bond acceptors (Lipinski definition) is 4. The molecule has 0 unspecified atom stereocenters. The number of rotatable bonds is 3. The SMILES string of the molecule is O=C(O)C1(n2nnnc2C(F)(F)C(F)(F)F)CCC1. The van der Waals surface area contributed by atoms with E-state index in [1.165, 1.54) is 0 Å². The highest BCUT2D eigenvalue weighted by Gasteiger charge is 2.64. The smallest absolute Gasteiger partial charge is 0.461 e. The fraction of sp³-hybridized carbons (Fsp3) is 0.750. The molecule has 1 heterocycles. The van der Waals surface area contributed by atoms with E-state index in [0.29, 0.717) is 6.42 Å². The molecule has 0 spiro atoms. The van der Waals surface area contributed by atoms with E-state index in [4.69, 9.17) is 5.11 Å². The van der Waals surface area contributed by atoms with E-state index < -0.39 is 29.4 Å². The van der Waals surface area contributed by atoms with Crippen molar-refractivity contribution in [3.63, 3.8) is 0 Å². The molecule has 6 nitrogen and oxygen atoms in total. The third-order valence-corrected chi connectivity index (χ3v) is 3.09. The molecule has 0 aliphatic heterocycles. The first-order valence-corrected chi connectivity index (χ1v) is 5.10. The van der Waals surface area contributed by atoms with Crippen molar-refractivity contribution in [2.75, 3.05) is 0 Å². The topological polar surface area (TPSA) is 80.9 Å². The third kappa shape index (κ3) is 1.75. The quantitative estimate of drug-likeness (QED) is 0.847. The number of tetrazole rings is 1. The zero-order chi connectivity index (χ0) is 14.5. The van der Waals surface area contributed by atoms with Gasteiger partial charge in [0.05, 0.1) is 0 Å². The Morgan fingerprint density at radius 3 is 2.21 bits per heavy atom. The summed E-state index contributed by atoms with van der Waals surface area (Å²) in [5.74, 6) is -8.65. The van der Waals surface area contributed by atoms with Crippen LogP contribution in [0.4, 0.5) is 22.0 Å².